The first kappa shape index (κ1) is 9.49. The Balaban J connectivity index is 2.11. The fourth-order valence-corrected chi connectivity index (χ4v) is 2.88. The molecule has 3 N–H and O–H groups in total. The Kier molecular flexibility index (Phi) is 1.84. The SMILES string of the molecule is CC1CC2C(/C1=N\NC(N)=O)C2(C)C. The molecule has 0 aromatic rings. The Morgan fingerprint density at radius 3 is 2.79 bits per heavy atom. The third-order valence-electron chi connectivity index (χ3n) is 3.78. The van der Waals surface area contributed by atoms with Crippen LogP contribution in [0.25, 0.3) is 0 Å². The van der Waals surface area contributed by atoms with Crippen LogP contribution in [0.2, 0.25) is 0 Å². The molecule has 0 aromatic carbocycles. The summed E-state index contributed by atoms with van der Waals surface area (Å²) in [7, 11) is 0. The highest BCUT2D eigenvalue weighted by atomic mass is 16.2. The third-order valence-corrected chi connectivity index (χ3v) is 3.78. The largest absolute Gasteiger partial charge is 0.350 e. The minimum atomic E-state index is -0.577. The van der Waals surface area contributed by atoms with Gasteiger partial charge in [0.2, 0.25) is 0 Å². The highest BCUT2D eigenvalue weighted by Crippen LogP contribution is 2.66. The Bertz CT molecular complexity index is 308. The van der Waals surface area contributed by atoms with Gasteiger partial charge in [-0.25, -0.2) is 10.2 Å². The monoisotopic (exact) mass is 195 g/mol. The Labute approximate surface area is 83.9 Å². The van der Waals surface area contributed by atoms with Crippen LogP contribution in [-0.2, 0) is 0 Å². The van der Waals surface area contributed by atoms with Gasteiger partial charge in [0.15, 0.2) is 0 Å². The van der Waals surface area contributed by atoms with E-state index in [0.717, 1.165) is 11.6 Å². The molecule has 2 amide bonds. The lowest BCUT2D eigenvalue weighted by molar-refractivity contribution is 0.249. The fourth-order valence-electron chi connectivity index (χ4n) is 2.88. The van der Waals surface area contributed by atoms with Gasteiger partial charge >= 0.3 is 6.03 Å². The zero-order valence-corrected chi connectivity index (χ0v) is 8.87. The van der Waals surface area contributed by atoms with E-state index in [4.69, 9.17) is 5.73 Å². The molecule has 0 radical (unpaired) electrons. The first-order chi connectivity index (χ1) is 6.44. The molecule has 0 heterocycles. The molecule has 14 heavy (non-hydrogen) atoms. The molecule has 0 bridgehead atoms. The molecule has 3 atom stereocenters. The number of fused-ring (bicyclic) bond motifs is 1. The average molecular weight is 195 g/mol. The second-order valence-electron chi connectivity index (χ2n) is 5.06. The van der Waals surface area contributed by atoms with Crippen molar-refractivity contribution in [1.29, 1.82) is 0 Å². The maximum absolute atomic E-state index is 10.5. The van der Waals surface area contributed by atoms with E-state index in [0.29, 0.717) is 17.3 Å². The molecule has 3 unspecified atom stereocenters. The van der Waals surface area contributed by atoms with E-state index >= 15 is 0 Å². The topological polar surface area (TPSA) is 67.5 Å². The summed E-state index contributed by atoms with van der Waals surface area (Å²) in [6.45, 7) is 6.67. The van der Waals surface area contributed by atoms with Gasteiger partial charge in [0.05, 0.1) is 0 Å². The van der Waals surface area contributed by atoms with Crippen LogP contribution in [-0.4, -0.2) is 11.7 Å². The number of urea groups is 1. The molecular weight excluding hydrogens is 178 g/mol. The van der Waals surface area contributed by atoms with E-state index in [-0.39, 0.29) is 0 Å². The zero-order chi connectivity index (χ0) is 10.5. The first-order valence-corrected chi connectivity index (χ1v) is 5.07. The molecule has 78 valence electrons. The van der Waals surface area contributed by atoms with Crippen molar-refractivity contribution in [1.82, 2.24) is 5.43 Å². The van der Waals surface area contributed by atoms with Crippen molar-refractivity contribution < 1.29 is 4.79 Å². The van der Waals surface area contributed by atoms with E-state index in [1.165, 1.54) is 6.42 Å². The van der Waals surface area contributed by atoms with E-state index in [1.807, 2.05) is 0 Å². The number of carbonyl (C=O) groups is 1. The number of primary amides is 1. The molecule has 0 saturated heterocycles. The van der Waals surface area contributed by atoms with Crippen LogP contribution in [0.5, 0.6) is 0 Å². The van der Waals surface area contributed by atoms with Gasteiger partial charge in [-0.05, 0) is 23.7 Å². The number of hydrogen-bond donors (Lipinski definition) is 2. The lowest BCUT2D eigenvalue weighted by Crippen LogP contribution is -2.27. The van der Waals surface area contributed by atoms with Crippen molar-refractivity contribution in [2.75, 3.05) is 0 Å². The summed E-state index contributed by atoms with van der Waals surface area (Å²) < 4.78 is 0. The highest BCUT2D eigenvalue weighted by molar-refractivity contribution is 5.95. The summed E-state index contributed by atoms with van der Waals surface area (Å²) in [4.78, 5) is 10.5. The van der Waals surface area contributed by atoms with Gasteiger partial charge in [0.25, 0.3) is 0 Å². The van der Waals surface area contributed by atoms with Gasteiger partial charge in [-0.1, -0.05) is 20.8 Å². The van der Waals surface area contributed by atoms with Crippen molar-refractivity contribution in [3.63, 3.8) is 0 Å². The Morgan fingerprint density at radius 1 is 1.64 bits per heavy atom. The van der Waals surface area contributed by atoms with Crippen LogP contribution >= 0.6 is 0 Å². The van der Waals surface area contributed by atoms with Crippen molar-refractivity contribution in [2.24, 2.45) is 34.0 Å². The minimum Gasteiger partial charge on any atom is -0.350 e. The molecule has 4 nitrogen and oxygen atoms in total. The lowest BCUT2D eigenvalue weighted by Gasteiger charge is -2.14. The predicted octanol–water partition coefficient (Wildman–Crippen LogP) is 1.32. The summed E-state index contributed by atoms with van der Waals surface area (Å²) in [5.41, 5.74) is 8.83. The maximum Gasteiger partial charge on any atom is 0.332 e. The van der Waals surface area contributed by atoms with Crippen LogP contribution in [0, 0.1) is 23.2 Å². The number of carbonyl (C=O) groups excluding carboxylic acids is 1. The van der Waals surface area contributed by atoms with Gasteiger partial charge in [0.1, 0.15) is 0 Å². The Morgan fingerprint density at radius 2 is 2.29 bits per heavy atom. The van der Waals surface area contributed by atoms with Crippen LogP contribution in [0.15, 0.2) is 5.10 Å². The molecule has 0 aromatic heterocycles. The quantitative estimate of drug-likeness (QED) is 0.609. The van der Waals surface area contributed by atoms with Gasteiger partial charge in [-0.15, -0.1) is 0 Å². The zero-order valence-electron chi connectivity index (χ0n) is 8.87. The van der Waals surface area contributed by atoms with Gasteiger partial charge < -0.3 is 5.73 Å². The Hall–Kier alpha value is -1.06. The van der Waals surface area contributed by atoms with Crippen molar-refractivity contribution in [3.8, 4) is 0 Å². The summed E-state index contributed by atoms with van der Waals surface area (Å²) >= 11 is 0. The van der Waals surface area contributed by atoms with Crippen molar-refractivity contribution in [2.45, 2.75) is 27.2 Å². The summed E-state index contributed by atoms with van der Waals surface area (Å²) in [6, 6.07) is -0.577. The molecule has 4 heteroatoms. The third kappa shape index (κ3) is 1.21. The number of rotatable bonds is 1. The molecular formula is C10H17N3O. The molecule has 2 aliphatic rings. The number of hydrazone groups is 1. The molecule has 2 aliphatic carbocycles. The second kappa shape index (κ2) is 2.72. The standard InChI is InChI=1S/C10H17N3O/c1-5-4-6-7(10(6,2)3)8(5)12-13-9(11)14/h5-7H,4H2,1-3H3,(H3,11,13,14)/b12-8-. The molecule has 0 aliphatic heterocycles. The number of amides is 2. The molecule has 2 rings (SSSR count). The first-order valence-electron chi connectivity index (χ1n) is 5.07. The van der Waals surface area contributed by atoms with E-state index < -0.39 is 6.03 Å². The van der Waals surface area contributed by atoms with Gasteiger partial charge in [-0.3, -0.25) is 0 Å². The van der Waals surface area contributed by atoms with E-state index in [9.17, 15) is 4.79 Å². The summed E-state index contributed by atoms with van der Waals surface area (Å²) in [5, 5.41) is 4.11. The summed E-state index contributed by atoms with van der Waals surface area (Å²) in [5.74, 6) is 1.81. The van der Waals surface area contributed by atoms with Crippen molar-refractivity contribution in [3.05, 3.63) is 0 Å². The van der Waals surface area contributed by atoms with Crippen LogP contribution in [0.1, 0.15) is 27.2 Å². The van der Waals surface area contributed by atoms with Crippen LogP contribution in [0.3, 0.4) is 0 Å². The smallest absolute Gasteiger partial charge is 0.332 e. The normalized spacial score (nSPS) is 40.8. The number of nitrogens with one attached hydrogen (secondary N) is 1. The molecule has 0 spiro atoms. The molecule has 2 saturated carbocycles. The fraction of sp³-hybridized carbons (Fsp3) is 0.800. The molecule has 2 fully saturated rings. The summed E-state index contributed by atoms with van der Waals surface area (Å²) in [6.07, 6.45) is 1.19. The lowest BCUT2D eigenvalue weighted by atomic mass is 9.93. The average Bonchev–Trinajstić information content (AvgIpc) is 2.45. The van der Waals surface area contributed by atoms with E-state index in [2.05, 4.69) is 31.3 Å². The van der Waals surface area contributed by atoms with Gasteiger partial charge in [0, 0.05) is 11.6 Å². The maximum atomic E-state index is 10.5. The van der Waals surface area contributed by atoms with Crippen LogP contribution in [0.4, 0.5) is 4.79 Å². The van der Waals surface area contributed by atoms with Gasteiger partial charge in [-0.2, -0.15) is 5.10 Å². The number of hydrogen-bond acceptors (Lipinski definition) is 2. The van der Waals surface area contributed by atoms with E-state index in [1.54, 1.807) is 0 Å². The van der Waals surface area contributed by atoms with Crippen LogP contribution < -0.4 is 11.2 Å². The number of nitrogens with zero attached hydrogens (tertiary/aromatic N) is 1. The highest BCUT2D eigenvalue weighted by Gasteiger charge is 2.64. The number of nitrogens with two attached hydrogens (primary N) is 1. The van der Waals surface area contributed by atoms with Crippen molar-refractivity contribution >= 4 is 11.7 Å². The second-order valence-corrected chi connectivity index (χ2v) is 5.06. The minimum absolute atomic E-state index is 0.380. The predicted molar refractivity (Wildman–Crippen MR) is 54.7 cm³/mol.